The Hall–Kier alpha value is -1.62. The molecular formula is C11H7BrFNO2. The molecule has 2 rings (SSSR count). The fraction of sp³-hybridized carbons (Fsp3) is 0. The van der Waals surface area contributed by atoms with Crippen molar-refractivity contribution in [2.24, 2.45) is 0 Å². The van der Waals surface area contributed by atoms with Crippen LogP contribution >= 0.6 is 15.9 Å². The molecule has 0 aliphatic rings. The summed E-state index contributed by atoms with van der Waals surface area (Å²) in [5.74, 6) is -1.39. The van der Waals surface area contributed by atoms with Crippen molar-refractivity contribution in [1.29, 1.82) is 0 Å². The van der Waals surface area contributed by atoms with Gasteiger partial charge in [-0.3, -0.25) is 0 Å². The minimum Gasteiger partial charge on any atom is -0.477 e. The van der Waals surface area contributed by atoms with Crippen LogP contribution in [0.3, 0.4) is 0 Å². The third-order valence-corrected chi connectivity index (χ3v) is 2.54. The number of hydrogen-bond acceptors (Lipinski definition) is 1. The first-order valence-electron chi connectivity index (χ1n) is 4.45. The second kappa shape index (κ2) is 4.09. The summed E-state index contributed by atoms with van der Waals surface area (Å²) >= 11 is 3.20. The van der Waals surface area contributed by atoms with Crippen molar-refractivity contribution in [3.05, 3.63) is 52.5 Å². The van der Waals surface area contributed by atoms with Gasteiger partial charge >= 0.3 is 5.97 Å². The molecule has 0 unspecified atom stereocenters. The Morgan fingerprint density at radius 3 is 2.50 bits per heavy atom. The van der Waals surface area contributed by atoms with Crippen LogP contribution in [0.5, 0.6) is 0 Å². The lowest BCUT2D eigenvalue weighted by molar-refractivity contribution is 0.0688. The molecule has 16 heavy (non-hydrogen) atoms. The van der Waals surface area contributed by atoms with Gasteiger partial charge in [-0.25, -0.2) is 9.18 Å². The van der Waals surface area contributed by atoms with E-state index in [1.54, 1.807) is 6.20 Å². The Morgan fingerprint density at radius 2 is 1.94 bits per heavy atom. The number of carboxylic acid groups (broad SMARTS) is 1. The van der Waals surface area contributed by atoms with Crippen LogP contribution in [0.15, 0.2) is 41.0 Å². The number of nitrogens with zero attached hydrogens (tertiary/aromatic N) is 1. The highest BCUT2D eigenvalue weighted by Crippen LogP contribution is 2.20. The van der Waals surface area contributed by atoms with Gasteiger partial charge in [-0.2, -0.15) is 0 Å². The van der Waals surface area contributed by atoms with Crippen molar-refractivity contribution < 1.29 is 14.3 Å². The highest BCUT2D eigenvalue weighted by molar-refractivity contribution is 9.10. The van der Waals surface area contributed by atoms with Crippen molar-refractivity contribution in [3.8, 4) is 5.69 Å². The molecule has 5 heteroatoms. The van der Waals surface area contributed by atoms with Crippen LogP contribution in [0.4, 0.5) is 4.39 Å². The van der Waals surface area contributed by atoms with Gasteiger partial charge in [-0.1, -0.05) is 0 Å². The average molecular weight is 284 g/mol. The zero-order chi connectivity index (χ0) is 11.7. The quantitative estimate of drug-likeness (QED) is 0.920. The molecule has 1 aromatic heterocycles. The molecule has 1 aromatic carbocycles. The SMILES string of the molecule is O=C(O)c1cc(Br)cn1-c1ccc(F)cc1. The highest BCUT2D eigenvalue weighted by atomic mass is 79.9. The van der Waals surface area contributed by atoms with Crippen LogP contribution in [0.25, 0.3) is 5.69 Å². The van der Waals surface area contributed by atoms with E-state index in [4.69, 9.17) is 5.11 Å². The van der Waals surface area contributed by atoms with Gasteiger partial charge < -0.3 is 9.67 Å². The normalized spacial score (nSPS) is 10.4. The smallest absolute Gasteiger partial charge is 0.352 e. The van der Waals surface area contributed by atoms with E-state index in [0.717, 1.165) is 0 Å². The Kier molecular flexibility index (Phi) is 2.78. The van der Waals surface area contributed by atoms with Crippen molar-refractivity contribution in [1.82, 2.24) is 4.57 Å². The van der Waals surface area contributed by atoms with Crippen LogP contribution in [-0.4, -0.2) is 15.6 Å². The zero-order valence-corrected chi connectivity index (χ0v) is 9.61. The molecule has 0 radical (unpaired) electrons. The summed E-state index contributed by atoms with van der Waals surface area (Å²) in [7, 11) is 0. The number of aromatic nitrogens is 1. The van der Waals surface area contributed by atoms with Crippen LogP contribution in [0.1, 0.15) is 10.5 Å². The summed E-state index contributed by atoms with van der Waals surface area (Å²) in [5.41, 5.74) is 0.725. The predicted octanol–water partition coefficient (Wildman–Crippen LogP) is 3.08. The minimum absolute atomic E-state index is 0.124. The summed E-state index contributed by atoms with van der Waals surface area (Å²) in [6, 6.07) is 7.11. The number of halogens is 2. The second-order valence-electron chi connectivity index (χ2n) is 3.20. The maximum Gasteiger partial charge on any atom is 0.352 e. The molecule has 82 valence electrons. The van der Waals surface area contributed by atoms with E-state index in [1.165, 1.54) is 34.9 Å². The molecule has 0 amide bonds. The van der Waals surface area contributed by atoms with Gasteiger partial charge in [0.1, 0.15) is 11.5 Å². The van der Waals surface area contributed by atoms with Crippen molar-refractivity contribution in [3.63, 3.8) is 0 Å². The third-order valence-electron chi connectivity index (χ3n) is 2.11. The molecule has 0 spiro atoms. The Bertz CT molecular complexity index is 533. The largest absolute Gasteiger partial charge is 0.477 e. The van der Waals surface area contributed by atoms with Crippen molar-refractivity contribution >= 4 is 21.9 Å². The lowest BCUT2D eigenvalue weighted by Crippen LogP contribution is -2.05. The molecule has 0 aliphatic heterocycles. The number of benzene rings is 1. The second-order valence-corrected chi connectivity index (χ2v) is 4.11. The lowest BCUT2D eigenvalue weighted by Gasteiger charge is -2.05. The summed E-state index contributed by atoms with van der Waals surface area (Å²) in [5, 5.41) is 8.98. The first-order chi connectivity index (χ1) is 7.58. The molecule has 0 saturated heterocycles. The molecule has 0 atom stereocenters. The number of carbonyl (C=O) groups is 1. The van der Waals surface area contributed by atoms with E-state index in [1.807, 2.05) is 0 Å². The monoisotopic (exact) mass is 283 g/mol. The van der Waals surface area contributed by atoms with Crippen LogP contribution in [0, 0.1) is 5.82 Å². The maximum atomic E-state index is 12.7. The van der Waals surface area contributed by atoms with Gasteiger partial charge in [0.15, 0.2) is 0 Å². The molecule has 2 aromatic rings. The fourth-order valence-electron chi connectivity index (χ4n) is 1.41. The van der Waals surface area contributed by atoms with Gasteiger partial charge in [-0.05, 0) is 46.3 Å². The van der Waals surface area contributed by atoms with Crippen molar-refractivity contribution in [2.75, 3.05) is 0 Å². The van der Waals surface area contributed by atoms with Gasteiger partial charge in [0.25, 0.3) is 0 Å². The van der Waals surface area contributed by atoms with E-state index >= 15 is 0 Å². The van der Waals surface area contributed by atoms with Crippen LogP contribution in [0.2, 0.25) is 0 Å². The predicted molar refractivity (Wildman–Crippen MR) is 60.4 cm³/mol. The summed E-state index contributed by atoms with van der Waals surface area (Å²) < 4.78 is 14.9. The van der Waals surface area contributed by atoms with Crippen LogP contribution in [-0.2, 0) is 0 Å². The maximum absolute atomic E-state index is 12.7. The Labute approximate surface area is 99.3 Å². The average Bonchev–Trinajstić information content (AvgIpc) is 2.61. The molecule has 0 saturated carbocycles. The van der Waals surface area contributed by atoms with E-state index in [2.05, 4.69) is 15.9 Å². The molecule has 1 N–H and O–H groups in total. The lowest BCUT2D eigenvalue weighted by atomic mass is 10.3. The summed E-state index contributed by atoms with van der Waals surface area (Å²) in [6.45, 7) is 0. The molecule has 0 fully saturated rings. The first-order valence-corrected chi connectivity index (χ1v) is 5.24. The first kappa shape index (κ1) is 10.9. The van der Waals surface area contributed by atoms with E-state index < -0.39 is 5.97 Å². The fourth-order valence-corrected chi connectivity index (χ4v) is 1.83. The third kappa shape index (κ3) is 1.99. The molecular weight excluding hydrogens is 277 g/mol. The Morgan fingerprint density at radius 1 is 1.31 bits per heavy atom. The van der Waals surface area contributed by atoms with Gasteiger partial charge in [0.05, 0.1) is 0 Å². The van der Waals surface area contributed by atoms with Crippen LogP contribution < -0.4 is 0 Å². The van der Waals surface area contributed by atoms with Crippen molar-refractivity contribution in [2.45, 2.75) is 0 Å². The zero-order valence-electron chi connectivity index (χ0n) is 8.02. The van der Waals surface area contributed by atoms with E-state index in [0.29, 0.717) is 10.2 Å². The topological polar surface area (TPSA) is 42.2 Å². The highest BCUT2D eigenvalue weighted by Gasteiger charge is 2.12. The molecule has 0 bridgehead atoms. The number of carboxylic acids is 1. The minimum atomic E-state index is -1.03. The standard InChI is InChI=1S/C11H7BrFNO2/c12-7-5-10(11(15)16)14(6-7)9-3-1-8(13)2-4-9/h1-6H,(H,15,16). The van der Waals surface area contributed by atoms with Gasteiger partial charge in [-0.15, -0.1) is 0 Å². The summed E-state index contributed by atoms with van der Waals surface area (Å²) in [4.78, 5) is 11.0. The number of aromatic carboxylic acids is 1. The Balaban J connectivity index is 2.55. The molecule has 1 heterocycles. The van der Waals surface area contributed by atoms with E-state index in [-0.39, 0.29) is 11.5 Å². The molecule has 0 aliphatic carbocycles. The number of hydrogen-bond donors (Lipinski definition) is 1. The van der Waals surface area contributed by atoms with Gasteiger partial charge in [0.2, 0.25) is 0 Å². The summed E-state index contributed by atoms with van der Waals surface area (Å²) in [6.07, 6.45) is 1.62. The molecule has 3 nitrogen and oxygen atoms in total. The number of rotatable bonds is 2. The van der Waals surface area contributed by atoms with E-state index in [9.17, 15) is 9.18 Å². The van der Waals surface area contributed by atoms with Gasteiger partial charge in [0, 0.05) is 16.4 Å².